The van der Waals surface area contributed by atoms with Gasteiger partial charge >= 0.3 is 0 Å². The van der Waals surface area contributed by atoms with E-state index in [9.17, 15) is 8.42 Å². The molecule has 0 aliphatic heterocycles. The lowest BCUT2D eigenvalue weighted by molar-refractivity contribution is 0.520. The Morgan fingerprint density at radius 1 is 1.21 bits per heavy atom. The molecule has 0 saturated heterocycles. The molecule has 2 unspecified atom stereocenters. The van der Waals surface area contributed by atoms with E-state index in [1.165, 1.54) is 0 Å². The molecule has 0 heterocycles. The average Bonchev–Trinajstić information content (AvgIpc) is 2.77. The lowest BCUT2D eigenvalue weighted by Gasteiger charge is -2.16. The lowest BCUT2D eigenvalue weighted by Crippen LogP contribution is -2.44. The molecule has 0 amide bonds. The molecule has 0 radical (unpaired) electrons. The zero-order valence-electron chi connectivity index (χ0n) is 8.28. The molecular formula is C9H18N2O2S. The lowest BCUT2D eigenvalue weighted by atomic mass is 10.2. The van der Waals surface area contributed by atoms with E-state index in [2.05, 4.69) is 4.72 Å². The summed E-state index contributed by atoms with van der Waals surface area (Å²) in [6, 6.07) is 0.00253. The molecule has 2 fully saturated rings. The van der Waals surface area contributed by atoms with Crippen LogP contribution in [0, 0.1) is 5.92 Å². The first-order chi connectivity index (χ1) is 6.57. The molecule has 0 bridgehead atoms. The SMILES string of the molecule is NC1CCCC1NS(=O)(=O)CC1CC1. The second kappa shape index (κ2) is 3.79. The van der Waals surface area contributed by atoms with Crippen molar-refractivity contribution in [2.45, 2.75) is 44.2 Å². The molecule has 5 heteroatoms. The van der Waals surface area contributed by atoms with Gasteiger partial charge in [0, 0.05) is 12.1 Å². The third-order valence-corrected chi connectivity index (χ3v) is 4.62. The molecule has 0 aromatic rings. The third-order valence-electron chi connectivity index (χ3n) is 3.05. The van der Waals surface area contributed by atoms with Gasteiger partial charge < -0.3 is 5.73 Å². The molecule has 2 rings (SSSR count). The fourth-order valence-corrected chi connectivity index (χ4v) is 3.81. The van der Waals surface area contributed by atoms with Crippen LogP contribution in [-0.4, -0.2) is 26.3 Å². The summed E-state index contributed by atoms with van der Waals surface area (Å²) in [5.41, 5.74) is 5.81. The Bertz CT molecular complexity index is 298. The van der Waals surface area contributed by atoms with E-state index in [0.29, 0.717) is 11.7 Å². The van der Waals surface area contributed by atoms with Gasteiger partial charge in [0.15, 0.2) is 0 Å². The minimum atomic E-state index is -3.06. The molecule has 4 nitrogen and oxygen atoms in total. The molecule has 14 heavy (non-hydrogen) atoms. The zero-order chi connectivity index (χ0) is 10.2. The van der Waals surface area contributed by atoms with E-state index in [1.54, 1.807) is 0 Å². The molecule has 82 valence electrons. The largest absolute Gasteiger partial charge is 0.326 e. The highest BCUT2D eigenvalue weighted by atomic mass is 32.2. The monoisotopic (exact) mass is 218 g/mol. The van der Waals surface area contributed by atoms with Gasteiger partial charge in [-0.3, -0.25) is 0 Å². The first-order valence-electron chi connectivity index (χ1n) is 5.32. The maximum atomic E-state index is 11.6. The maximum absolute atomic E-state index is 11.6. The van der Waals surface area contributed by atoms with E-state index >= 15 is 0 Å². The second-order valence-electron chi connectivity index (χ2n) is 4.54. The highest BCUT2D eigenvalue weighted by Crippen LogP contribution is 2.30. The molecule has 2 aliphatic carbocycles. The Hall–Kier alpha value is -0.130. The molecule has 0 aromatic heterocycles. The predicted octanol–water partition coefficient (Wildman–Crippen LogP) is 0.196. The summed E-state index contributed by atoms with van der Waals surface area (Å²) in [5, 5.41) is 0. The van der Waals surface area contributed by atoms with Crippen LogP contribution in [0.1, 0.15) is 32.1 Å². The van der Waals surface area contributed by atoms with Gasteiger partial charge in [-0.15, -0.1) is 0 Å². The summed E-state index contributed by atoms with van der Waals surface area (Å²) >= 11 is 0. The summed E-state index contributed by atoms with van der Waals surface area (Å²) in [7, 11) is -3.06. The molecule has 0 spiro atoms. The highest BCUT2D eigenvalue weighted by Gasteiger charge is 2.32. The quantitative estimate of drug-likeness (QED) is 0.708. The Balaban J connectivity index is 1.88. The van der Waals surface area contributed by atoms with E-state index in [4.69, 9.17) is 5.73 Å². The fourth-order valence-electron chi connectivity index (χ4n) is 2.01. The van der Waals surface area contributed by atoms with E-state index in [-0.39, 0.29) is 12.1 Å². The number of hydrogen-bond acceptors (Lipinski definition) is 3. The van der Waals surface area contributed by atoms with E-state index < -0.39 is 10.0 Å². The number of nitrogens with two attached hydrogens (primary N) is 1. The van der Waals surface area contributed by atoms with Crippen molar-refractivity contribution in [1.82, 2.24) is 4.72 Å². The predicted molar refractivity (Wildman–Crippen MR) is 55.3 cm³/mol. The van der Waals surface area contributed by atoms with E-state index in [1.807, 2.05) is 0 Å². The minimum absolute atomic E-state index is 0.0150. The van der Waals surface area contributed by atoms with Gasteiger partial charge in [0.2, 0.25) is 10.0 Å². The Morgan fingerprint density at radius 3 is 2.43 bits per heavy atom. The summed E-state index contributed by atoms with van der Waals surface area (Å²) < 4.78 is 26.0. The first-order valence-corrected chi connectivity index (χ1v) is 6.97. The molecule has 2 aliphatic rings. The standard InChI is InChI=1S/C9H18N2O2S/c10-8-2-1-3-9(8)11-14(12,13)6-7-4-5-7/h7-9,11H,1-6,10H2. The van der Waals surface area contributed by atoms with Crippen molar-refractivity contribution in [3.63, 3.8) is 0 Å². The summed E-state index contributed by atoms with van der Waals surface area (Å²) in [5.74, 6) is 0.709. The molecule has 2 saturated carbocycles. The van der Waals surface area contributed by atoms with Crippen LogP contribution in [0.4, 0.5) is 0 Å². The second-order valence-corrected chi connectivity index (χ2v) is 6.34. The van der Waals surface area contributed by atoms with Crippen molar-refractivity contribution < 1.29 is 8.42 Å². The normalized spacial score (nSPS) is 33.5. The van der Waals surface area contributed by atoms with Gasteiger partial charge in [0.05, 0.1) is 5.75 Å². The van der Waals surface area contributed by atoms with Gasteiger partial charge in [0.1, 0.15) is 0 Å². The van der Waals surface area contributed by atoms with Crippen LogP contribution in [0.5, 0.6) is 0 Å². The summed E-state index contributed by atoms with van der Waals surface area (Å²) in [6.07, 6.45) is 5.01. The van der Waals surface area contributed by atoms with Crippen LogP contribution >= 0.6 is 0 Å². The van der Waals surface area contributed by atoms with Crippen LogP contribution in [-0.2, 0) is 10.0 Å². The topological polar surface area (TPSA) is 72.2 Å². The highest BCUT2D eigenvalue weighted by molar-refractivity contribution is 7.89. The Kier molecular flexibility index (Phi) is 2.81. The van der Waals surface area contributed by atoms with Crippen molar-refractivity contribution in [2.75, 3.05) is 5.75 Å². The van der Waals surface area contributed by atoms with Crippen LogP contribution in [0.15, 0.2) is 0 Å². The van der Waals surface area contributed by atoms with Crippen molar-refractivity contribution >= 4 is 10.0 Å². The fraction of sp³-hybridized carbons (Fsp3) is 1.00. The Labute approximate surface area is 85.3 Å². The molecule has 0 aromatic carbocycles. The van der Waals surface area contributed by atoms with Gasteiger partial charge in [-0.25, -0.2) is 13.1 Å². The van der Waals surface area contributed by atoms with Crippen molar-refractivity contribution in [1.29, 1.82) is 0 Å². The third kappa shape index (κ3) is 2.68. The molecular weight excluding hydrogens is 200 g/mol. The van der Waals surface area contributed by atoms with Gasteiger partial charge in [-0.05, 0) is 31.6 Å². The van der Waals surface area contributed by atoms with Crippen LogP contribution < -0.4 is 10.5 Å². The number of hydrogen-bond donors (Lipinski definition) is 2. The number of sulfonamides is 1. The minimum Gasteiger partial charge on any atom is -0.326 e. The Morgan fingerprint density at radius 2 is 1.93 bits per heavy atom. The van der Waals surface area contributed by atoms with Crippen LogP contribution in [0.3, 0.4) is 0 Å². The van der Waals surface area contributed by atoms with Crippen molar-refractivity contribution in [3.8, 4) is 0 Å². The van der Waals surface area contributed by atoms with Gasteiger partial charge in [0.25, 0.3) is 0 Å². The van der Waals surface area contributed by atoms with Crippen molar-refractivity contribution in [2.24, 2.45) is 11.7 Å². The molecule has 3 N–H and O–H groups in total. The van der Waals surface area contributed by atoms with E-state index in [0.717, 1.165) is 32.1 Å². The average molecular weight is 218 g/mol. The van der Waals surface area contributed by atoms with Gasteiger partial charge in [-0.1, -0.05) is 6.42 Å². The zero-order valence-corrected chi connectivity index (χ0v) is 9.09. The smallest absolute Gasteiger partial charge is 0.212 e. The van der Waals surface area contributed by atoms with Gasteiger partial charge in [-0.2, -0.15) is 0 Å². The van der Waals surface area contributed by atoms with Crippen LogP contribution in [0.2, 0.25) is 0 Å². The summed E-state index contributed by atoms with van der Waals surface area (Å²) in [4.78, 5) is 0. The first kappa shape index (κ1) is 10.4. The summed E-state index contributed by atoms with van der Waals surface area (Å²) in [6.45, 7) is 0. The molecule has 2 atom stereocenters. The number of rotatable bonds is 4. The van der Waals surface area contributed by atoms with Crippen molar-refractivity contribution in [3.05, 3.63) is 0 Å². The van der Waals surface area contributed by atoms with Crippen LogP contribution in [0.25, 0.3) is 0 Å². The number of nitrogens with one attached hydrogen (secondary N) is 1. The maximum Gasteiger partial charge on any atom is 0.212 e.